The summed E-state index contributed by atoms with van der Waals surface area (Å²) in [5.41, 5.74) is 7.35. The highest BCUT2D eigenvalue weighted by Gasteiger charge is 2.04. The van der Waals surface area contributed by atoms with Crippen LogP contribution in [0.1, 0.15) is 35.7 Å². The zero-order valence-electron chi connectivity index (χ0n) is 10.4. The number of aryl methyl sites for hydroxylation is 1. The van der Waals surface area contributed by atoms with Gasteiger partial charge in [-0.05, 0) is 18.4 Å². The van der Waals surface area contributed by atoms with Crippen molar-refractivity contribution in [3.05, 3.63) is 35.4 Å². The van der Waals surface area contributed by atoms with Gasteiger partial charge >= 0.3 is 0 Å². The number of Topliss-reactive ketones (excluding diaryl/α,β-unsaturated/α-hetero) is 1. The zero-order valence-corrected chi connectivity index (χ0v) is 10.4. The number of benzene rings is 1. The summed E-state index contributed by atoms with van der Waals surface area (Å²) in [6.07, 6.45) is 2.30. The van der Waals surface area contributed by atoms with E-state index in [1.165, 1.54) is 5.56 Å². The third-order valence-corrected chi connectivity index (χ3v) is 2.64. The van der Waals surface area contributed by atoms with Crippen molar-refractivity contribution in [2.45, 2.75) is 26.2 Å². The van der Waals surface area contributed by atoms with Gasteiger partial charge in [0.1, 0.15) is 0 Å². The highest BCUT2D eigenvalue weighted by atomic mass is 16.5. The maximum atomic E-state index is 11.8. The van der Waals surface area contributed by atoms with Gasteiger partial charge in [0.2, 0.25) is 0 Å². The lowest BCUT2D eigenvalue weighted by molar-refractivity contribution is 0.0943. The van der Waals surface area contributed by atoms with Crippen molar-refractivity contribution in [2.24, 2.45) is 5.73 Å². The second kappa shape index (κ2) is 7.98. The molecule has 1 aromatic rings. The summed E-state index contributed by atoms with van der Waals surface area (Å²) < 4.78 is 5.23. The van der Waals surface area contributed by atoms with Crippen LogP contribution in [0.25, 0.3) is 0 Å². The molecule has 0 amide bonds. The first-order valence-corrected chi connectivity index (χ1v) is 6.18. The van der Waals surface area contributed by atoms with Crippen molar-refractivity contribution >= 4 is 5.78 Å². The fraction of sp³-hybridized carbons (Fsp3) is 0.500. The Kier molecular flexibility index (Phi) is 6.51. The van der Waals surface area contributed by atoms with E-state index in [0.717, 1.165) is 18.4 Å². The minimum absolute atomic E-state index is 0.184. The highest BCUT2D eigenvalue weighted by Crippen LogP contribution is 2.08. The minimum Gasteiger partial charge on any atom is -0.380 e. The third kappa shape index (κ3) is 5.11. The van der Waals surface area contributed by atoms with Crippen LogP contribution in [0, 0.1) is 0 Å². The molecule has 0 atom stereocenters. The van der Waals surface area contributed by atoms with Gasteiger partial charge in [-0.25, -0.2) is 0 Å². The molecule has 0 aliphatic rings. The Hall–Kier alpha value is -1.19. The number of hydrogen-bond donors (Lipinski definition) is 1. The average Bonchev–Trinajstić information content (AvgIpc) is 2.38. The summed E-state index contributed by atoms with van der Waals surface area (Å²) in [7, 11) is 0. The summed E-state index contributed by atoms with van der Waals surface area (Å²) in [4.78, 5) is 11.8. The Morgan fingerprint density at radius 1 is 1.24 bits per heavy atom. The van der Waals surface area contributed by atoms with E-state index in [9.17, 15) is 4.79 Å². The first kappa shape index (κ1) is 13.9. The highest BCUT2D eigenvalue weighted by molar-refractivity contribution is 5.96. The number of nitrogens with two attached hydrogens (primary N) is 1. The lowest BCUT2D eigenvalue weighted by Gasteiger charge is -2.03. The number of ketones is 1. The van der Waals surface area contributed by atoms with Crippen molar-refractivity contribution in [3.63, 3.8) is 0 Å². The Morgan fingerprint density at radius 2 is 1.94 bits per heavy atom. The van der Waals surface area contributed by atoms with Gasteiger partial charge in [-0.3, -0.25) is 4.79 Å². The van der Waals surface area contributed by atoms with Gasteiger partial charge in [-0.1, -0.05) is 31.2 Å². The summed E-state index contributed by atoms with van der Waals surface area (Å²) in [5.74, 6) is 0.184. The van der Waals surface area contributed by atoms with E-state index in [1.807, 2.05) is 24.3 Å². The number of carbonyl (C=O) groups excluding carboxylic acids is 1. The molecule has 0 saturated carbocycles. The molecule has 0 heterocycles. The van der Waals surface area contributed by atoms with Gasteiger partial charge < -0.3 is 10.5 Å². The number of rotatable bonds is 8. The molecule has 2 N–H and O–H groups in total. The molecule has 0 aromatic heterocycles. The molecule has 0 radical (unpaired) electrons. The van der Waals surface area contributed by atoms with E-state index in [-0.39, 0.29) is 5.78 Å². The molecule has 3 nitrogen and oxygen atoms in total. The summed E-state index contributed by atoms with van der Waals surface area (Å²) in [6, 6.07) is 7.83. The smallest absolute Gasteiger partial charge is 0.162 e. The molecule has 0 bridgehead atoms. The number of hydrogen-bond acceptors (Lipinski definition) is 3. The van der Waals surface area contributed by atoms with Crippen LogP contribution in [0.3, 0.4) is 0 Å². The predicted octanol–water partition coefficient (Wildman–Crippen LogP) is 2.19. The van der Waals surface area contributed by atoms with E-state index in [4.69, 9.17) is 10.5 Å². The standard InChI is InChI=1S/C14H21NO2/c1-2-12-5-7-13(8-6-12)14(16)4-3-10-17-11-9-15/h5-8H,2-4,9-11,15H2,1H3. The van der Waals surface area contributed by atoms with Crippen molar-refractivity contribution in [1.29, 1.82) is 0 Å². The minimum atomic E-state index is 0.184. The van der Waals surface area contributed by atoms with Gasteiger partial charge in [0, 0.05) is 25.1 Å². The van der Waals surface area contributed by atoms with E-state index < -0.39 is 0 Å². The summed E-state index contributed by atoms with van der Waals surface area (Å²) in [6.45, 7) is 3.81. The maximum absolute atomic E-state index is 11.8. The molecule has 17 heavy (non-hydrogen) atoms. The molecule has 0 fully saturated rings. The molecule has 0 unspecified atom stereocenters. The van der Waals surface area contributed by atoms with Gasteiger partial charge in [0.15, 0.2) is 5.78 Å². The molecule has 0 spiro atoms. The first-order valence-electron chi connectivity index (χ1n) is 6.18. The number of ether oxygens (including phenoxy) is 1. The van der Waals surface area contributed by atoms with Crippen LogP contribution in [0.5, 0.6) is 0 Å². The van der Waals surface area contributed by atoms with Crippen molar-refractivity contribution in [1.82, 2.24) is 0 Å². The normalized spacial score (nSPS) is 10.5. The largest absolute Gasteiger partial charge is 0.380 e. The van der Waals surface area contributed by atoms with Crippen LogP contribution in [0.2, 0.25) is 0 Å². The second-order valence-electron chi connectivity index (χ2n) is 3.98. The quantitative estimate of drug-likeness (QED) is 0.555. The Morgan fingerprint density at radius 3 is 2.53 bits per heavy atom. The predicted molar refractivity (Wildman–Crippen MR) is 69.3 cm³/mol. The van der Waals surface area contributed by atoms with Crippen molar-refractivity contribution < 1.29 is 9.53 Å². The van der Waals surface area contributed by atoms with E-state index in [1.54, 1.807) is 0 Å². The van der Waals surface area contributed by atoms with Crippen LogP contribution < -0.4 is 5.73 Å². The Bertz CT molecular complexity index is 333. The van der Waals surface area contributed by atoms with Gasteiger partial charge in [-0.15, -0.1) is 0 Å². The van der Waals surface area contributed by atoms with Crippen LogP contribution in [0.15, 0.2) is 24.3 Å². The average molecular weight is 235 g/mol. The fourth-order valence-corrected chi connectivity index (χ4v) is 1.59. The maximum Gasteiger partial charge on any atom is 0.162 e. The molecule has 1 rings (SSSR count). The lowest BCUT2D eigenvalue weighted by Crippen LogP contribution is -2.10. The summed E-state index contributed by atoms with van der Waals surface area (Å²) in [5, 5.41) is 0. The molecular formula is C14H21NO2. The Labute approximate surface area is 103 Å². The molecule has 0 aliphatic heterocycles. The van der Waals surface area contributed by atoms with E-state index in [2.05, 4.69) is 6.92 Å². The van der Waals surface area contributed by atoms with Gasteiger partial charge in [0.05, 0.1) is 6.61 Å². The molecule has 0 saturated heterocycles. The van der Waals surface area contributed by atoms with Crippen LogP contribution in [0.4, 0.5) is 0 Å². The second-order valence-corrected chi connectivity index (χ2v) is 3.98. The van der Waals surface area contributed by atoms with Crippen molar-refractivity contribution in [3.8, 4) is 0 Å². The number of carbonyl (C=O) groups is 1. The molecule has 3 heteroatoms. The van der Waals surface area contributed by atoms with Gasteiger partial charge in [0.25, 0.3) is 0 Å². The lowest BCUT2D eigenvalue weighted by atomic mass is 10.0. The first-order chi connectivity index (χ1) is 8.27. The topological polar surface area (TPSA) is 52.3 Å². The monoisotopic (exact) mass is 235 g/mol. The van der Waals surface area contributed by atoms with E-state index in [0.29, 0.717) is 26.2 Å². The van der Waals surface area contributed by atoms with Crippen LogP contribution in [-0.2, 0) is 11.2 Å². The van der Waals surface area contributed by atoms with E-state index >= 15 is 0 Å². The molecule has 1 aromatic carbocycles. The van der Waals surface area contributed by atoms with Gasteiger partial charge in [-0.2, -0.15) is 0 Å². The van der Waals surface area contributed by atoms with Crippen molar-refractivity contribution in [2.75, 3.05) is 19.8 Å². The third-order valence-electron chi connectivity index (χ3n) is 2.64. The van der Waals surface area contributed by atoms with Crippen LogP contribution in [-0.4, -0.2) is 25.5 Å². The van der Waals surface area contributed by atoms with Crippen LogP contribution >= 0.6 is 0 Å². The zero-order chi connectivity index (χ0) is 12.5. The Balaban J connectivity index is 2.31. The molecular weight excluding hydrogens is 214 g/mol. The SMILES string of the molecule is CCc1ccc(C(=O)CCCOCCN)cc1. The molecule has 94 valence electrons. The fourth-order valence-electron chi connectivity index (χ4n) is 1.59. The summed E-state index contributed by atoms with van der Waals surface area (Å²) >= 11 is 0. The molecule has 0 aliphatic carbocycles.